The minimum Gasteiger partial charge on any atom is -0.452 e. The molecular weight excluding hydrogens is 294 g/mol. The van der Waals surface area contributed by atoms with Gasteiger partial charge in [-0.1, -0.05) is 29.8 Å². The highest BCUT2D eigenvalue weighted by Crippen LogP contribution is 2.36. The average Bonchev–Trinajstić information content (AvgIpc) is 2.26. The third-order valence-corrected chi connectivity index (χ3v) is 2.89. The molecule has 0 atom stereocenters. The number of benzene rings is 2. The number of ether oxygens (including phenoxy) is 1. The fourth-order valence-corrected chi connectivity index (χ4v) is 1.99. The SMILES string of the molecule is Fc1ccccc1Oc1c(Cl)cccc1Br. The summed E-state index contributed by atoms with van der Waals surface area (Å²) in [6.07, 6.45) is 0. The van der Waals surface area contributed by atoms with Gasteiger partial charge in [0.05, 0.1) is 9.50 Å². The van der Waals surface area contributed by atoms with Crippen LogP contribution >= 0.6 is 27.5 Å². The van der Waals surface area contributed by atoms with E-state index >= 15 is 0 Å². The van der Waals surface area contributed by atoms with E-state index in [0.717, 1.165) is 0 Å². The van der Waals surface area contributed by atoms with Crippen molar-refractivity contribution >= 4 is 27.5 Å². The van der Waals surface area contributed by atoms with Crippen LogP contribution in [0.2, 0.25) is 5.02 Å². The van der Waals surface area contributed by atoms with Gasteiger partial charge < -0.3 is 4.74 Å². The van der Waals surface area contributed by atoms with Crippen LogP contribution in [0.25, 0.3) is 0 Å². The number of para-hydroxylation sites is 2. The predicted molar refractivity (Wildman–Crippen MR) is 65.6 cm³/mol. The Bertz CT molecular complexity index is 496. The highest BCUT2D eigenvalue weighted by atomic mass is 79.9. The monoisotopic (exact) mass is 300 g/mol. The molecule has 4 heteroatoms. The van der Waals surface area contributed by atoms with Crippen LogP contribution in [0.15, 0.2) is 46.9 Å². The number of hydrogen-bond acceptors (Lipinski definition) is 1. The molecule has 0 unspecified atom stereocenters. The lowest BCUT2D eigenvalue weighted by Gasteiger charge is -2.09. The summed E-state index contributed by atoms with van der Waals surface area (Å²) in [5.41, 5.74) is 0. The second-order valence-corrected chi connectivity index (χ2v) is 4.34. The zero-order valence-electron chi connectivity index (χ0n) is 8.08. The molecule has 0 heterocycles. The number of rotatable bonds is 2. The summed E-state index contributed by atoms with van der Waals surface area (Å²) in [5, 5.41) is 0.428. The molecule has 0 aromatic heterocycles. The van der Waals surface area contributed by atoms with Crippen LogP contribution in [0.3, 0.4) is 0 Å². The van der Waals surface area contributed by atoms with Gasteiger partial charge in [0.1, 0.15) is 0 Å². The maximum Gasteiger partial charge on any atom is 0.165 e. The van der Waals surface area contributed by atoms with Gasteiger partial charge in [-0.25, -0.2) is 4.39 Å². The van der Waals surface area contributed by atoms with Crippen LogP contribution in [-0.4, -0.2) is 0 Å². The maximum atomic E-state index is 13.4. The second-order valence-electron chi connectivity index (χ2n) is 3.08. The lowest BCUT2D eigenvalue weighted by molar-refractivity contribution is 0.440. The molecule has 2 rings (SSSR count). The van der Waals surface area contributed by atoms with E-state index in [1.54, 1.807) is 36.4 Å². The molecule has 82 valence electrons. The van der Waals surface area contributed by atoms with E-state index in [1.807, 2.05) is 0 Å². The number of halogens is 3. The van der Waals surface area contributed by atoms with Crippen molar-refractivity contribution in [1.29, 1.82) is 0 Å². The van der Waals surface area contributed by atoms with Crippen molar-refractivity contribution in [2.24, 2.45) is 0 Å². The molecule has 2 aromatic carbocycles. The topological polar surface area (TPSA) is 9.23 Å². The molecule has 0 spiro atoms. The van der Waals surface area contributed by atoms with Crippen molar-refractivity contribution < 1.29 is 9.13 Å². The lowest BCUT2D eigenvalue weighted by Crippen LogP contribution is -1.89. The van der Waals surface area contributed by atoms with Crippen molar-refractivity contribution in [2.45, 2.75) is 0 Å². The Morgan fingerprint density at radius 3 is 2.50 bits per heavy atom. The van der Waals surface area contributed by atoms with E-state index in [9.17, 15) is 4.39 Å². The molecule has 0 aliphatic heterocycles. The molecule has 2 aromatic rings. The molecular formula is C12H7BrClFO. The summed E-state index contributed by atoms with van der Waals surface area (Å²) >= 11 is 9.25. The number of hydrogen-bond donors (Lipinski definition) is 0. The predicted octanol–water partition coefficient (Wildman–Crippen LogP) is 5.03. The molecule has 0 N–H and O–H groups in total. The third kappa shape index (κ3) is 2.36. The summed E-state index contributed by atoms with van der Waals surface area (Å²) < 4.78 is 19.5. The van der Waals surface area contributed by atoms with Crippen molar-refractivity contribution in [1.82, 2.24) is 0 Å². The Morgan fingerprint density at radius 2 is 1.81 bits per heavy atom. The highest BCUT2D eigenvalue weighted by Gasteiger charge is 2.09. The van der Waals surface area contributed by atoms with Gasteiger partial charge in [-0.05, 0) is 40.2 Å². The summed E-state index contributed by atoms with van der Waals surface area (Å²) in [6, 6.07) is 11.4. The lowest BCUT2D eigenvalue weighted by atomic mass is 10.3. The van der Waals surface area contributed by atoms with Gasteiger partial charge in [-0.15, -0.1) is 0 Å². The van der Waals surface area contributed by atoms with Crippen LogP contribution in [0.4, 0.5) is 4.39 Å². The minimum atomic E-state index is -0.422. The van der Waals surface area contributed by atoms with Gasteiger partial charge in [-0.3, -0.25) is 0 Å². The smallest absolute Gasteiger partial charge is 0.165 e. The van der Waals surface area contributed by atoms with E-state index in [0.29, 0.717) is 15.2 Å². The molecule has 16 heavy (non-hydrogen) atoms. The van der Waals surface area contributed by atoms with Crippen LogP contribution in [0.1, 0.15) is 0 Å². The van der Waals surface area contributed by atoms with Gasteiger partial charge in [0.25, 0.3) is 0 Å². The molecule has 0 fully saturated rings. The zero-order chi connectivity index (χ0) is 11.5. The Labute approximate surface area is 106 Å². The Morgan fingerprint density at radius 1 is 1.06 bits per heavy atom. The Hall–Kier alpha value is -1.06. The molecule has 0 aliphatic rings. The van der Waals surface area contributed by atoms with Gasteiger partial charge in [0, 0.05) is 0 Å². The van der Waals surface area contributed by atoms with E-state index in [-0.39, 0.29) is 5.75 Å². The van der Waals surface area contributed by atoms with E-state index < -0.39 is 5.82 Å². The Kier molecular flexibility index (Phi) is 3.46. The molecule has 0 amide bonds. The van der Waals surface area contributed by atoms with E-state index in [1.165, 1.54) is 6.07 Å². The van der Waals surface area contributed by atoms with Gasteiger partial charge >= 0.3 is 0 Å². The molecule has 1 nitrogen and oxygen atoms in total. The molecule has 0 saturated carbocycles. The van der Waals surface area contributed by atoms with Gasteiger partial charge in [-0.2, -0.15) is 0 Å². The van der Waals surface area contributed by atoms with Crippen molar-refractivity contribution in [3.8, 4) is 11.5 Å². The summed E-state index contributed by atoms with van der Waals surface area (Å²) in [7, 11) is 0. The van der Waals surface area contributed by atoms with Crippen LogP contribution in [0, 0.1) is 5.82 Å². The summed E-state index contributed by atoms with van der Waals surface area (Å²) in [4.78, 5) is 0. The first-order chi connectivity index (χ1) is 7.68. The average molecular weight is 302 g/mol. The van der Waals surface area contributed by atoms with Crippen LogP contribution < -0.4 is 4.74 Å². The fraction of sp³-hybridized carbons (Fsp3) is 0. The fourth-order valence-electron chi connectivity index (χ4n) is 1.22. The largest absolute Gasteiger partial charge is 0.452 e. The van der Waals surface area contributed by atoms with Crippen LogP contribution in [0.5, 0.6) is 11.5 Å². The Balaban J connectivity index is 2.38. The normalized spacial score (nSPS) is 10.2. The second kappa shape index (κ2) is 4.85. The first-order valence-corrected chi connectivity index (χ1v) is 5.72. The van der Waals surface area contributed by atoms with E-state index in [2.05, 4.69) is 15.9 Å². The molecule has 0 saturated heterocycles. The zero-order valence-corrected chi connectivity index (χ0v) is 10.4. The van der Waals surface area contributed by atoms with Crippen LogP contribution in [-0.2, 0) is 0 Å². The third-order valence-electron chi connectivity index (χ3n) is 1.97. The summed E-state index contributed by atoms with van der Waals surface area (Å²) in [5.74, 6) is 0.139. The van der Waals surface area contributed by atoms with E-state index in [4.69, 9.17) is 16.3 Å². The molecule has 0 bridgehead atoms. The van der Waals surface area contributed by atoms with Crippen molar-refractivity contribution in [3.05, 3.63) is 57.8 Å². The summed E-state index contributed by atoms with van der Waals surface area (Å²) in [6.45, 7) is 0. The molecule has 0 radical (unpaired) electrons. The van der Waals surface area contributed by atoms with Crippen molar-refractivity contribution in [2.75, 3.05) is 0 Å². The first-order valence-electron chi connectivity index (χ1n) is 4.55. The minimum absolute atomic E-state index is 0.149. The quantitative estimate of drug-likeness (QED) is 0.755. The maximum absolute atomic E-state index is 13.4. The highest BCUT2D eigenvalue weighted by molar-refractivity contribution is 9.10. The molecule has 0 aliphatic carbocycles. The van der Waals surface area contributed by atoms with Gasteiger partial charge in [0.15, 0.2) is 17.3 Å². The standard InChI is InChI=1S/C12H7BrClFO/c13-8-4-3-5-9(14)12(8)16-11-7-2-1-6-10(11)15/h1-7H. The van der Waals surface area contributed by atoms with Crippen molar-refractivity contribution in [3.63, 3.8) is 0 Å². The first kappa shape index (κ1) is 11.4. The van der Waals surface area contributed by atoms with Gasteiger partial charge in [0.2, 0.25) is 0 Å².